The van der Waals surface area contributed by atoms with Crippen molar-refractivity contribution in [3.8, 4) is 0 Å². The first-order valence-corrected chi connectivity index (χ1v) is 11.4. The number of amides is 1. The second-order valence-electron chi connectivity index (χ2n) is 5.98. The molecule has 1 aromatic heterocycles. The lowest BCUT2D eigenvalue weighted by Crippen LogP contribution is -2.42. The quantitative estimate of drug-likeness (QED) is 0.260. The van der Waals surface area contributed by atoms with Crippen LogP contribution in [0.4, 0.5) is 5.69 Å². The van der Waals surface area contributed by atoms with E-state index in [9.17, 15) is 14.9 Å². The second kappa shape index (κ2) is 8.48. The monoisotopic (exact) mass is 432 g/mol. The molecule has 2 heterocycles. The van der Waals surface area contributed by atoms with Crippen molar-refractivity contribution < 1.29 is 9.72 Å². The van der Waals surface area contributed by atoms with Crippen LogP contribution in [0, 0.1) is 10.1 Å². The molecule has 0 aliphatic carbocycles. The van der Waals surface area contributed by atoms with Gasteiger partial charge in [0.25, 0.3) is 5.69 Å². The number of non-ortho nitro benzene ring substituents is 1. The molecule has 28 heavy (non-hydrogen) atoms. The maximum Gasteiger partial charge on any atom is 0.269 e. The van der Waals surface area contributed by atoms with Crippen molar-refractivity contribution >= 4 is 56.7 Å². The minimum absolute atomic E-state index is 0.0124. The molecule has 1 atom stereocenters. The molecule has 3 aromatic rings. The number of hydrazine groups is 1. The summed E-state index contributed by atoms with van der Waals surface area (Å²) in [4.78, 5) is 27.2. The molecule has 2 aromatic carbocycles. The van der Waals surface area contributed by atoms with Crippen molar-refractivity contribution in [1.82, 2.24) is 15.4 Å². The second-order valence-corrected chi connectivity index (χ2v) is 9.42. The molecule has 10 heteroatoms. The molecule has 0 radical (unpaired) electrons. The van der Waals surface area contributed by atoms with Crippen molar-refractivity contribution in [3.63, 3.8) is 0 Å². The average Bonchev–Trinajstić information content (AvgIpc) is 3.28. The van der Waals surface area contributed by atoms with Gasteiger partial charge in [-0.1, -0.05) is 23.9 Å². The van der Waals surface area contributed by atoms with Gasteiger partial charge in [-0.05, 0) is 29.8 Å². The van der Waals surface area contributed by atoms with Crippen LogP contribution in [0.3, 0.4) is 0 Å². The number of nitrogens with one attached hydrogen (secondary N) is 1. The third kappa shape index (κ3) is 4.14. The fourth-order valence-corrected chi connectivity index (χ4v) is 5.93. The van der Waals surface area contributed by atoms with Crippen molar-refractivity contribution in [3.05, 3.63) is 64.2 Å². The Morgan fingerprint density at radius 2 is 2.04 bits per heavy atom. The number of nitro benzene ring substituents is 1. The molecular formula is C18H16N4O3S3. The van der Waals surface area contributed by atoms with Gasteiger partial charge in [0.1, 0.15) is 5.37 Å². The number of benzene rings is 2. The largest absolute Gasteiger partial charge is 0.272 e. The van der Waals surface area contributed by atoms with Crippen LogP contribution in [0.25, 0.3) is 10.2 Å². The molecule has 1 aliphatic heterocycles. The number of nitro groups is 1. The zero-order valence-electron chi connectivity index (χ0n) is 14.6. The van der Waals surface area contributed by atoms with Gasteiger partial charge in [0.2, 0.25) is 5.91 Å². The number of hydrogen-bond acceptors (Lipinski definition) is 8. The third-order valence-corrected chi connectivity index (χ3v) is 7.53. The molecule has 1 unspecified atom stereocenters. The van der Waals surface area contributed by atoms with Crippen LogP contribution >= 0.6 is 34.9 Å². The normalized spacial score (nSPS) is 16.8. The van der Waals surface area contributed by atoms with Crippen LogP contribution in [0.1, 0.15) is 10.9 Å². The SMILES string of the molecule is O=C1CSC(c2ccc([N+](=O)[O-])cc2)N1NCCSc1nc2ccccc2s1. The van der Waals surface area contributed by atoms with E-state index in [1.54, 1.807) is 40.2 Å². The highest BCUT2D eigenvalue weighted by Gasteiger charge is 2.33. The number of aromatic nitrogens is 1. The van der Waals surface area contributed by atoms with Crippen molar-refractivity contribution in [2.45, 2.75) is 9.71 Å². The van der Waals surface area contributed by atoms with Gasteiger partial charge in [0.15, 0.2) is 4.34 Å². The standard InChI is InChI=1S/C18H16N4O3S3/c23-16-11-27-17(12-5-7-13(8-6-12)22(24)25)21(16)19-9-10-26-18-20-14-3-1-2-4-15(14)28-18/h1-8,17,19H,9-11H2. The Hall–Kier alpha value is -2.14. The number of carbonyl (C=O) groups is 1. The lowest BCUT2D eigenvalue weighted by atomic mass is 10.2. The van der Waals surface area contributed by atoms with Gasteiger partial charge in [0.05, 0.1) is 20.9 Å². The lowest BCUT2D eigenvalue weighted by molar-refractivity contribution is -0.384. The van der Waals surface area contributed by atoms with E-state index in [4.69, 9.17) is 0 Å². The van der Waals surface area contributed by atoms with Crippen LogP contribution < -0.4 is 5.43 Å². The molecule has 1 saturated heterocycles. The Labute approximate surface area is 173 Å². The van der Waals surface area contributed by atoms with Crippen LogP contribution in [0.15, 0.2) is 52.9 Å². The summed E-state index contributed by atoms with van der Waals surface area (Å²) in [5.41, 5.74) is 5.13. The van der Waals surface area contributed by atoms with E-state index in [1.807, 2.05) is 18.2 Å². The van der Waals surface area contributed by atoms with Gasteiger partial charge >= 0.3 is 0 Å². The van der Waals surface area contributed by atoms with Crippen LogP contribution in [0.5, 0.6) is 0 Å². The fourth-order valence-electron chi connectivity index (χ4n) is 2.82. The first-order valence-electron chi connectivity index (χ1n) is 8.52. The van der Waals surface area contributed by atoms with Gasteiger partial charge in [-0.2, -0.15) is 0 Å². The van der Waals surface area contributed by atoms with Gasteiger partial charge in [-0.25, -0.2) is 10.4 Å². The molecule has 0 spiro atoms. The molecule has 1 amide bonds. The minimum atomic E-state index is -0.425. The molecule has 0 bridgehead atoms. The number of hydrogen-bond donors (Lipinski definition) is 1. The zero-order chi connectivity index (χ0) is 19.5. The summed E-state index contributed by atoms with van der Waals surface area (Å²) < 4.78 is 2.18. The lowest BCUT2D eigenvalue weighted by Gasteiger charge is -2.24. The molecule has 1 aliphatic rings. The topological polar surface area (TPSA) is 88.4 Å². The molecule has 4 rings (SSSR count). The molecule has 0 saturated carbocycles. The number of thiazole rings is 1. The maximum atomic E-state index is 12.2. The van der Waals surface area contributed by atoms with Crippen LogP contribution in [0.2, 0.25) is 0 Å². The van der Waals surface area contributed by atoms with Crippen molar-refractivity contribution in [1.29, 1.82) is 0 Å². The van der Waals surface area contributed by atoms with E-state index in [2.05, 4.69) is 16.5 Å². The molecule has 1 fully saturated rings. The smallest absolute Gasteiger partial charge is 0.269 e. The Balaban J connectivity index is 1.34. The van der Waals surface area contributed by atoms with Gasteiger partial charge in [-0.15, -0.1) is 23.1 Å². The summed E-state index contributed by atoms with van der Waals surface area (Å²) in [6.07, 6.45) is 0. The van der Waals surface area contributed by atoms with E-state index in [-0.39, 0.29) is 17.0 Å². The predicted octanol–water partition coefficient (Wildman–Crippen LogP) is 4.08. The fraction of sp³-hybridized carbons (Fsp3) is 0.222. The summed E-state index contributed by atoms with van der Waals surface area (Å²) in [6.45, 7) is 0.621. The van der Waals surface area contributed by atoms with Gasteiger partial charge in [-0.3, -0.25) is 19.9 Å². The predicted molar refractivity (Wildman–Crippen MR) is 113 cm³/mol. The first-order chi connectivity index (χ1) is 13.6. The Morgan fingerprint density at radius 1 is 1.25 bits per heavy atom. The molecule has 144 valence electrons. The highest BCUT2D eigenvalue weighted by molar-refractivity contribution is 8.01. The third-order valence-electron chi connectivity index (χ3n) is 4.14. The number of rotatable bonds is 7. The summed E-state index contributed by atoms with van der Waals surface area (Å²) in [5, 5.41) is 12.3. The van der Waals surface area contributed by atoms with Crippen molar-refractivity contribution in [2.75, 3.05) is 18.1 Å². The number of nitrogens with zero attached hydrogens (tertiary/aromatic N) is 3. The summed E-state index contributed by atoms with van der Waals surface area (Å²) in [5.74, 6) is 1.18. The molecule has 1 N–H and O–H groups in total. The highest BCUT2D eigenvalue weighted by atomic mass is 32.2. The van der Waals surface area contributed by atoms with Crippen LogP contribution in [-0.2, 0) is 4.79 Å². The van der Waals surface area contributed by atoms with Gasteiger partial charge in [0, 0.05) is 24.4 Å². The average molecular weight is 433 g/mol. The minimum Gasteiger partial charge on any atom is -0.272 e. The van der Waals surface area contributed by atoms with E-state index < -0.39 is 4.92 Å². The number of para-hydroxylation sites is 1. The van der Waals surface area contributed by atoms with E-state index in [0.29, 0.717) is 12.3 Å². The number of thioether (sulfide) groups is 2. The van der Waals surface area contributed by atoms with Crippen molar-refractivity contribution in [2.24, 2.45) is 0 Å². The van der Waals surface area contributed by atoms with Crippen LogP contribution in [-0.4, -0.2) is 38.9 Å². The Bertz CT molecular complexity index is 976. The zero-order valence-corrected chi connectivity index (χ0v) is 17.1. The maximum absolute atomic E-state index is 12.2. The van der Waals surface area contributed by atoms with Gasteiger partial charge < -0.3 is 0 Å². The number of carbonyl (C=O) groups excluding carboxylic acids is 1. The number of fused-ring (bicyclic) bond motifs is 1. The van der Waals surface area contributed by atoms with E-state index in [1.165, 1.54) is 28.6 Å². The molecular weight excluding hydrogens is 416 g/mol. The highest BCUT2D eigenvalue weighted by Crippen LogP contribution is 2.37. The summed E-state index contributed by atoms with van der Waals surface area (Å²) >= 11 is 4.83. The summed E-state index contributed by atoms with van der Waals surface area (Å²) in [6, 6.07) is 14.4. The Kier molecular flexibility index (Phi) is 5.81. The summed E-state index contributed by atoms with van der Waals surface area (Å²) in [7, 11) is 0. The van der Waals surface area contributed by atoms with E-state index in [0.717, 1.165) is 21.2 Å². The molecule has 7 nitrogen and oxygen atoms in total. The first kappa shape index (κ1) is 19.2. The van der Waals surface area contributed by atoms with E-state index >= 15 is 0 Å². The Morgan fingerprint density at radius 3 is 2.79 bits per heavy atom.